The molecule has 0 aromatic heterocycles. The summed E-state index contributed by atoms with van der Waals surface area (Å²) >= 11 is 0. The number of rotatable bonds is 5. The summed E-state index contributed by atoms with van der Waals surface area (Å²) in [5.74, 6) is -0.894. The third kappa shape index (κ3) is 2.94. The van der Waals surface area contributed by atoms with Gasteiger partial charge in [0.2, 0.25) is 5.91 Å². The molecule has 2 aliphatic heterocycles. The second kappa shape index (κ2) is 6.73. The summed E-state index contributed by atoms with van der Waals surface area (Å²) in [4.78, 5) is 40.6. The van der Waals surface area contributed by atoms with Crippen LogP contribution in [0.3, 0.4) is 0 Å². The number of carbonyl (C=O) groups is 3. The van der Waals surface area contributed by atoms with Gasteiger partial charge in [0, 0.05) is 19.1 Å². The maximum absolute atomic E-state index is 12.7. The predicted molar refractivity (Wildman–Crippen MR) is 89.8 cm³/mol. The Balaban J connectivity index is 1.76. The number of carbonyl (C=O) groups excluding carboxylic acids is 3. The molecule has 1 aromatic rings. The summed E-state index contributed by atoms with van der Waals surface area (Å²) < 4.78 is 0. The molecule has 0 saturated carbocycles. The molecule has 2 aliphatic rings. The van der Waals surface area contributed by atoms with Crippen molar-refractivity contribution in [2.24, 2.45) is 0 Å². The lowest BCUT2D eigenvalue weighted by atomic mass is 10.1. The van der Waals surface area contributed by atoms with E-state index in [0.29, 0.717) is 17.7 Å². The van der Waals surface area contributed by atoms with Crippen molar-refractivity contribution in [3.8, 4) is 0 Å². The summed E-state index contributed by atoms with van der Waals surface area (Å²) in [7, 11) is 0. The molecule has 0 spiro atoms. The van der Waals surface area contributed by atoms with Gasteiger partial charge in [-0.15, -0.1) is 0 Å². The highest BCUT2D eigenvalue weighted by atomic mass is 16.2. The summed E-state index contributed by atoms with van der Waals surface area (Å²) in [6, 6.07) is 5.34. The van der Waals surface area contributed by atoms with Gasteiger partial charge in [-0.1, -0.05) is 18.6 Å². The number of hydrogen-bond acceptors (Lipinski definition) is 4. The van der Waals surface area contributed by atoms with Gasteiger partial charge in [-0.2, -0.15) is 0 Å². The van der Waals surface area contributed by atoms with Crippen molar-refractivity contribution < 1.29 is 14.4 Å². The lowest BCUT2D eigenvalue weighted by Gasteiger charge is -2.29. The van der Waals surface area contributed by atoms with Crippen LogP contribution in [0.2, 0.25) is 0 Å². The van der Waals surface area contributed by atoms with Crippen LogP contribution in [0.1, 0.15) is 46.0 Å². The Morgan fingerprint density at radius 1 is 1.29 bits per heavy atom. The van der Waals surface area contributed by atoms with Gasteiger partial charge in [-0.3, -0.25) is 19.3 Å². The highest BCUT2D eigenvalue weighted by Gasteiger charge is 2.38. The third-order valence-electron chi connectivity index (χ3n) is 4.68. The zero-order chi connectivity index (χ0) is 17.3. The summed E-state index contributed by atoms with van der Waals surface area (Å²) in [6.45, 7) is 6.03. The minimum absolute atomic E-state index is 0.148. The average molecular weight is 329 g/mol. The molecule has 6 nitrogen and oxygen atoms in total. The normalized spacial score (nSPS) is 19.8. The third-order valence-corrected chi connectivity index (χ3v) is 4.68. The fourth-order valence-corrected chi connectivity index (χ4v) is 3.43. The van der Waals surface area contributed by atoms with E-state index in [9.17, 15) is 14.4 Å². The Hall–Kier alpha value is -2.21. The number of benzene rings is 1. The van der Waals surface area contributed by atoms with Gasteiger partial charge >= 0.3 is 0 Å². The topological polar surface area (TPSA) is 69.7 Å². The maximum atomic E-state index is 12.7. The number of nitrogens with zero attached hydrogens (tertiary/aromatic N) is 2. The van der Waals surface area contributed by atoms with E-state index in [1.165, 1.54) is 0 Å². The van der Waals surface area contributed by atoms with Crippen molar-refractivity contribution in [2.75, 3.05) is 26.2 Å². The van der Waals surface area contributed by atoms with Crippen molar-refractivity contribution in [1.82, 2.24) is 15.1 Å². The van der Waals surface area contributed by atoms with Crippen LogP contribution in [0.5, 0.6) is 0 Å². The monoisotopic (exact) mass is 329 g/mol. The standard InChI is InChI=1S/C18H23N3O3/c1-3-8-20(13-6-7-19-10-13)16(22)11-21-17(23)14-5-4-12(2)9-15(14)18(21)24/h4-5,9,13,19H,3,6-8,10-11H2,1-2H3. The minimum Gasteiger partial charge on any atom is -0.337 e. The molecule has 0 aliphatic carbocycles. The van der Waals surface area contributed by atoms with Crippen LogP contribution < -0.4 is 5.32 Å². The van der Waals surface area contributed by atoms with E-state index in [1.807, 2.05) is 24.8 Å². The van der Waals surface area contributed by atoms with E-state index in [1.54, 1.807) is 12.1 Å². The van der Waals surface area contributed by atoms with E-state index < -0.39 is 0 Å². The van der Waals surface area contributed by atoms with Crippen LogP contribution in [0.25, 0.3) is 0 Å². The fraction of sp³-hybridized carbons (Fsp3) is 0.500. The lowest BCUT2D eigenvalue weighted by Crippen LogP contribution is -2.48. The zero-order valence-electron chi connectivity index (χ0n) is 14.2. The van der Waals surface area contributed by atoms with Crippen molar-refractivity contribution >= 4 is 17.7 Å². The Morgan fingerprint density at radius 3 is 2.71 bits per heavy atom. The Labute approximate surface area is 141 Å². The smallest absolute Gasteiger partial charge is 0.262 e. The van der Waals surface area contributed by atoms with E-state index in [2.05, 4.69) is 5.32 Å². The molecular weight excluding hydrogens is 306 g/mol. The molecule has 128 valence electrons. The first-order valence-corrected chi connectivity index (χ1v) is 8.50. The molecule has 1 N–H and O–H groups in total. The highest BCUT2D eigenvalue weighted by molar-refractivity contribution is 6.22. The summed E-state index contributed by atoms with van der Waals surface area (Å²) in [5, 5.41) is 3.26. The van der Waals surface area contributed by atoms with Crippen LogP contribution >= 0.6 is 0 Å². The maximum Gasteiger partial charge on any atom is 0.262 e. The number of nitrogens with one attached hydrogen (secondary N) is 1. The van der Waals surface area contributed by atoms with Crippen LogP contribution in [-0.4, -0.2) is 59.7 Å². The van der Waals surface area contributed by atoms with Gasteiger partial charge in [0.1, 0.15) is 6.54 Å². The minimum atomic E-state index is -0.371. The van der Waals surface area contributed by atoms with Gasteiger partial charge in [0.15, 0.2) is 0 Å². The number of hydrogen-bond donors (Lipinski definition) is 1. The number of amides is 3. The zero-order valence-corrected chi connectivity index (χ0v) is 14.2. The fourth-order valence-electron chi connectivity index (χ4n) is 3.43. The van der Waals surface area contributed by atoms with Crippen molar-refractivity contribution in [3.63, 3.8) is 0 Å². The van der Waals surface area contributed by atoms with Gasteiger partial charge < -0.3 is 10.2 Å². The largest absolute Gasteiger partial charge is 0.337 e. The first-order chi connectivity index (χ1) is 11.5. The predicted octanol–water partition coefficient (Wildman–Crippen LogP) is 1.19. The Bertz CT molecular complexity index is 680. The van der Waals surface area contributed by atoms with Crippen LogP contribution in [-0.2, 0) is 4.79 Å². The van der Waals surface area contributed by atoms with Gasteiger partial charge in [-0.25, -0.2) is 0 Å². The molecule has 3 amide bonds. The molecule has 1 saturated heterocycles. The molecule has 1 fully saturated rings. The average Bonchev–Trinajstić information content (AvgIpc) is 3.16. The molecule has 1 aromatic carbocycles. The van der Waals surface area contributed by atoms with E-state index in [-0.39, 0.29) is 30.3 Å². The second-order valence-electron chi connectivity index (χ2n) is 6.48. The van der Waals surface area contributed by atoms with Crippen molar-refractivity contribution in [2.45, 2.75) is 32.7 Å². The van der Waals surface area contributed by atoms with Crippen molar-refractivity contribution in [3.05, 3.63) is 34.9 Å². The quantitative estimate of drug-likeness (QED) is 0.824. The molecule has 0 bridgehead atoms. The second-order valence-corrected chi connectivity index (χ2v) is 6.48. The Morgan fingerprint density at radius 2 is 2.04 bits per heavy atom. The first kappa shape index (κ1) is 16.6. The number of imide groups is 1. The number of fused-ring (bicyclic) bond motifs is 1. The van der Waals surface area contributed by atoms with Gasteiger partial charge in [-0.05, 0) is 38.4 Å². The molecule has 24 heavy (non-hydrogen) atoms. The van der Waals surface area contributed by atoms with Gasteiger partial charge in [0.05, 0.1) is 11.1 Å². The van der Waals surface area contributed by atoms with Crippen LogP contribution in [0.15, 0.2) is 18.2 Å². The van der Waals surface area contributed by atoms with Gasteiger partial charge in [0.25, 0.3) is 11.8 Å². The molecule has 0 radical (unpaired) electrons. The van der Waals surface area contributed by atoms with Crippen LogP contribution in [0, 0.1) is 6.92 Å². The molecule has 6 heteroatoms. The van der Waals surface area contributed by atoms with Crippen LogP contribution in [0.4, 0.5) is 0 Å². The lowest BCUT2D eigenvalue weighted by molar-refractivity contribution is -0.133. The van der Waals surface area contributed by atoms with Crippen molar-refractivity contribution in [1.29, 1.82) is 0 Å². The highest BCUT2D eigenvalue weighted by Crippen LogP contribution is 2.24. The summed E-state index contributed by atoms with van der Waals surface area (Å²) in [5.41, 5.74) is 1.72. The summed E-state index contributed by atoms with van der Waals surface area (Å²) in [6.07, 6.45) is 1.76. The molecule has 1 atom stereocenters. The van der Waals surface area contributed by atoms with E-state index >= 15 is 0 Å². The SMILES string of the molecule is CCCN(C(=O)CN1C(=O)c2ccc(C)cc2C1=O)C1CCNC1. The number of aryl methyl sites for hydroxylation is 1. The molecule has 3 rings (SSSR count). The molecular formula is C18H23N3O3. The molecule has 2 heterocycles. The molecule has 1 unspecified atom stereocenters. The Kier molecular flexibility index (Phi) is 4.66. The first-order valence-electron chi connectivity index (χ1n) is 8.50. The van der Waals surface area contributed by atoms with E-state index in [0.717, 1.165) is 36.4 Å². The van der Waals surface area contributed by atoms with E-state index in [4.69, 9.17) is 0 Å².